The molecule has 1 aliphatic heterocycles. The summed E-state index contributed by atoms with van der Waals surface area (Å²) in [4.78, 5) is 11.9. The second-order valence-corrected chi connectivity index (χ2v) is 5.17. The van der Waals surface area contributed by atoms with Gasteiger partial charge in [0.05, 0.1) is 0 Å². The standard InChI is InChI=1S/C11H18BrNO2/c12-8-11(5-3-6-11)13-10(14)9-4-1-2-7-15-9/h9H,1-8H2,(H,13,14). The predicted molar refractivity (Wildman–Crippen MR) is 62.1 cm³/mol. The third-order valence-corrected chi connectivity index (χ3v) is 4.50. The van der Waals surface area contributed by atoms with Crippen molar-refractivity contribution in [2.24, 2.45) is 0 Å². The molecule has 2 fully saturated rings. The Kier molecular flexibility index (Phi) is 3.67. The molecule has 0 radical (unpaired) electrons. The highest BCUT2D eigenvalue weighted by Gasteiger charge is 2.39. The van der Waals surface area contributed by atoms with Crippen molar-refractivity contribution >= 4 is 21.8 Å². The van der Waals surface area contributed by atoms with Gasteiger partial charge in [-0.2, -0.15) is 0 Å². The largest absolute Gasteiger partial charge is 0.368 e. The van der Waals surface area contributed by atoms with E-state index in [-0.39, 0.29) is 17.6 Å². The van der Waals surface area contributed by atoms with Crippen LogP contribution in [0.4, 0.5) is 0 Å². The lowest BCUT2D eigenvalue weighted by Crippen LogP contribution is -2.57. The SMILES string of the molecule is O=C(NC1(CBr)CCC1)C1CCCCO1. The fourth-order valence-electron chi connectivity index (χ4n) is 2.18. The molecule has 15 heavy (non-hydrogen) atoms. The molecular weight excluding hydrogens is 258 g/mol. The third-order valence-electron chi connectivity index (χ3n) is 3.43. The van der Waals surface area contributed by atoms with Gasteiger partial charge in [-0.05, 0) is 38.5 Å². The van der Waals surface area contributed by atoms with Gasteiger partial charge in [0.1, 0.15) is 6.10 Å². The van der Waals surface area contributed by atoms with Crippen LogP contribution in [0.2, 0.25) is 0 Å². The molecule has 2 aliphatic rings. The number of nitrogens with one attached hydrogen (secondary N) is 1. The Morgan fingerprint density at radius 1 is 1.40 bits per heavy atom. The summed E-state index contributed by atoms with van der Waals surface area (Å²) < 4.78 is 5.47. The molecule has 86 valence electrons. The maximum Gasteiger partial charge on any atom is 0.249 e. The second kappa shape index (κ2) is 4.83. The number of carbonyl (C=O) groups is 1. The molecule has 0 aromatic heterocycles. The first-order chi connectivity index (χ1) is 7.26. The normalized spacial score (nSPS) is 29.3. The van der Waals surface area contributed by atoms with Crippen molar-refractivity contribution in [2.45, 2.75) is 50.2 Å². The number of carbonyl (C=O) groups excluding carboxylic acids is 1. The Balaban J connectivity index is 1.85. The summed E-state index contributed by atoms with van der Waals surface area (Å²) in [5.41, 5.74) is 0.0257. The molecule has 1 saturated heterocycles. The lowest BCUT2D eigenvalue weighted by molar-refractivity contribution is -0.138. The molecule has 2 rings (SSSR count). The average Bonchev–Trinajstić information content (AvgIpc) is 2.24. The van der Waals surface area contributed by atoms with E-state index in [4.69, 9.17) is 4.74 Å². The summed E-state index contributed by atoms with van der Waals surface area (Å²) in [5.74, 6) is 0.0915. The van der Waals surface area contributed by atoms with Crippen LogP contribution in [0.5, 0.6) is 0 Å². The third kappa shape index (κ3) is 2.53. The summed E-state index contributed by atoms with van der Waals surface area (Å²) in [7, 11) is 0. The maximum atomic E-state index is 11.9. The molecule has 0 spiro atoms. The average molecular weight is 276 g/mol. The number of halogens is 1. The first kappa shape index (κ1) is 11.4. The van der Waals surface area contributed by atoms with Crippen molar-refractivity contribution in [1.29, 1.82) is 0 Å². The Morgan fingerprint density at radius 2 is 2.20 bits per heavy atom. The van der Waals surface area contributed by atoms with Crippen molar-refractivity contribution < 1.29 is 9.53 Å². The summed E-state index contributed by atoms with van der Waals surface area (Å²) in [5, 5.41) is 4.00. The zero-order valence-corrected chi connectivity index (χ0v) is 10.5. The molecule has 3 nitrogen and oxygen atoms in total. The van der Waals surface area contributed by atoms with Gasteiger partial charge < -0.3 is 10.1 Å². The minimum Gasteiger partial charge on any atom is -0.368 e. The van der Waals surface area contributed by atoms with Crippen LogP contribution in [-0.2, 0) is 9.53 Å². The van der Waals surface area contributed by atoms with Crippen LogP contribution in [0.3, 0.4) is 0 Å². The minimum atomic E-state index is -0.199. The van der Waals surface area contributed by atoms with Gasteiger partial charge in [0.2, 0.25) is 5.91 Å². The molecule has 1 N–H and O–H groups in total. The maximum absolute atomic E-state index is 11.9. The highest BCUT2D eigenvalue weighted by molar-refractivity contribution is 9.09. The number of alkyl halides is 1. The second-order valence-electron chi connectivity index (χ2n) is 4.61. The Labute approximate surface area is 99.1 Å². The van der Waals surface area contributed by atoms with E-state index in [0.29, 0.717) is 0 Å². The minimum absolute atomic E-state index is 0.0257. The van der Waals surface area contributed by atoms with Crippen LogP contribution in [0.15, 0.2) is 0 Å². The molecule has 0 bridgehead atoms. The van der Waals surface area contributed by atoms with E-state index >= 15 is 0 Å². The fraction of sp³-hybridized carbons (Fsp3) is 0.909. The van der Waals surface area contributed by atoms with E-state index in [1.54, 1.807) is 0 Å². The van der Waals surface area contributed by atoms with Crippen LogP contribution < -0.4 is 5.32 Å². The first-order valence-electron chi connectivity index (χ1n) is 5.75. The van der Waals surface area contributed by atoms with Gasteiger partial charge >= 0.3 is 0 Å². The molecule has 1 atom stereocenters. The monoisotopic (exact) mass is 275 g/mol. The molecule has 1 amide bonds. The van der Waals surface area contributed by atoms with Gasteiger partial charge in [-0.15, -0.1) is 0 Å². The molecule has 1 heterocycles. The molecular formula is C11H18BrNO2. The van der Waals surface area contributed by atoms with Crippen LogP contribution in [-0.4, -0.2) is 29.5 Å². The van der Waals surface area contributed by atoms with Gasteiger partial charge in [0.25, 0.3) is 0 Å². The Hall–Kier alpha value is -0.0900. The number of hydrogen-bond acceptors (Lipinski definition) is 2. The molecule has 0 aromatic rings. The predicted octanol–water partition coefficient (Wildman–Crippen LogP) is 1.99. The smallest absolute Gasteiger partial charge is 0.249 e. The van der Waals surface area contributed by atoms with Crippen LogP contribution in [0.1, 0.15) is 38.5 Å². The van der Waals surface area contributed by atoms with Gasteiger partial charge in [0.15, 0.2) is 0 Å². The van der Waals surface area contributed by atoms with Crippen molar-refractivity contribution in [1.82, 2.24) is 5.32 Å². The lowest BCUT2D eigenvalue weighted by atomic mass is 9.78. The van der Waals surface area contributed by atoms with E-state index in [1.807, 2.05) is 0 Å². The van der Waals surface area contributed by atoms with E-state index < -0.39 is 0 Å². The van der Waals surface area contributed by atoms with Gasteiger partial charge in [-0.3, -0.25) is 4.79 Å². The summed E-state index contributed by atoms with van der Waals surface area (Å²) in [6.07, 6.45) is 6.29. The molecule has 0 aromatic carbocycles. The zero-order valence-electron chi connectivity index (χ0n) is 8.93. The van der Waals surface area contributed by atoms with Crippen LogP contribution in [0, 0.1) is 0 Å². The topological polar surface area (TPSA) is 38.3 Å². The summed E-state index contributed by atoms with van der Waals surface area (Å²) >= 11 is 3.48. The highest BCUT2D eigenvalue weighted by atomic mass is 79.9. The number of ether oxygens (including phenoxy) is 1. The van der Waals surface area contributed by atoms with Gasteiger partial charge in [-0.1, -0.05) is 15.9 Å². The van der Waals surface area contributed by atoms with Gasteiger partial charge in [-0.25, -0.2) is 0 Å². The molecule has 1 unspecified atom stereocenters. The molecule has 1 saturated carbocycles. The van der Waals surface area contributed by atoms with Crippen LogP contribution >= 0.6 is 15.9 Å². The Morgan fingerprint density at radius 3 is 2.67 bits per heavy atom. The molecule has 1 aliphatic carbocycles. The molecule has 4 heteroatoms. The first-order valence-corrected chi connectivity index (χ1v) is 6.87. The van der Waals surface area contributed by atoms with Crippen molar-refractivity contribution in [3.63, 3.8) is 0 Å². The highest BCUT2D eigenvalue weighted by Crippen LogP contribution is 2.33. The number of amides is 1. The summed E-state index contributed by atoms with van der Waals surface area (Å²) in [6, 6.07) is 0. The number of rotatable bonds is 3. The number of hydrogen-bond donors (Lipinski definition) is 1. The quantitative estimate of drug-likeness (QED) is 0.800. The van der Waals surface area contributed by atoms with Gasteiger partial charge in [0, 0.05) is 17.5 Å². The summed E-state index contributed by atoms with van der Waals surface area (Å²) in [6.45, 7) is 0.736. The zero-order chi connectivity index (χ0) is 10.7. The Bertz CT molecular complexity index is 229. The van der Waals surface area contributed by atoms with Crippen molar-refractivity contribution in [3.05, 3.63) is 0 Å². The van der Waals surface area contributed by atoms with Crippen molar-refractivity contribution in [3.8, 4) is 0 Å². The van der Waals surface area contributed by atoms with E-state index in [1.165, 1.54) is 6.42 Å². The van der Waals surface area contributed by atoms with E-state index in [2.05, 4.69) is 21.2 Å². The lowest BCUT2D eigenvalue weighted by Gasteiger charge is -2.42. The van der Waals surface area contributed by atoms with Crippen molar-refractivity contribution in [2.75, 3.05) is 11.9 Å². The van der Waals surface area contributed by atoms with E-state index in [9.17, 15) is 4.79 Å². The van der Waals surface area contributed by atoms with Crippen LogP contribution in [0.25, 0.3) is 0 Å². The van der Waals surface area contributed by atoms with E-state index in [0.717, 1.165) is 44.0 Å². The fourth-order valence-corrected chi connectivity index (χ4v) is 2.89.